The van der Waals surface area contributed by atoms with E-state index in [1.54, 1.807) is 0 Å². The Hall–Kier alpha value is -1.94. The number of ether oxygens (including phenoxy) is 4. The summed E-state index contributed by atoms with van der Waals surface area (Å²) >= 11 is 0. The van der Waals surface area contributed by atoms with Crippen molar-refractivity contribution in [1.82, 2.24) is 0 Å². The van der Waals surface area contributed by atoms with Gasteiger partial charge in [0, 0.05) is 25.7 Å². The first kappa shape index (κ1) is 92.1. The normalized spacial score (nSPS) is 14.1. The molecule has 0 aromatic heterocycles. The molecule has 94 heavy (non-hydrogen) atoms. The van der Waals surface area contributed by atoms with Gasteiger partial charge in [-0.05, 0) is 43.4 Å². The number of aliphatic hydroxyl groups is 1. The highest BCUT2D eigenvalue weighted by molar-refractivity contribution is 7.47. The molecule has 5 atom stereocenters. The van der Waals surface area contributed by atoms with Gasteiger partial charge in [-0.15, -0.1) is 0 Å². The Labute approximate surface area is 575 Å². The van der Waals surface area contributed by atoms with Crippen LogP contribution in [-0.4, -0.2) is 96.7 Å². The molecule has 0 saturated carbocycles. The van der Waals surface area contributed by atoms with Crippen LogP contribution < -0.4 is 0 Å². The molecular formula is C75H146O17P2. The number of hydrogen-bond donors (Lipinski definition) is 3. The lowest BCUT2D eigenvalue weighted by Gasteiger charge is -2.21. The molecule has 0 bridgehead atoms. The first-order valence-corrected chi connectivity index (χ1v) is 41.8. The highest BCUT2D eigenvalue weighted by atomic mass is 31.2. The lowest BCUT2D eigenvalue weighted by molar-refractivity contribution is -0.161. The summed E-state index contributed by atoms with van der Waals surface area (Å²) in [5, 5.41) is 10.6. The smallest absolute Gasteiger partial charge is 0.462 e. The van der Waals surface area contributed by atoms with Crippen LogP contribution in [0.4, 0.5) is 0 Å². The highest BCUT2D eigenvalue weighted by Crippen LogP contribution is 2.45. The first-order chi connectivity index (χ1) is 45.2. The van der Waals surface area contributed by atoms with Gasteiger partial charge < -0.3 is 33.8 Å². The van der Waals surface area contributed by atoms with E-state index in [-0.39, 0.29) is 25.7 Å². The Morgan fingerprint density at radius 1 is 0.287 bits per heavy atom. The molecule has 17 nitrogen and oxygen atoms in total. The molecule has 0 radical (unpaired) electrons. The van der Waals surface area contributed by atoms with E-state index in [9.17, 15) is 43.2 Å². The number of rotatable bonds is 73. The fraction of sp³-hybridized carbons (Fsp3) is 0.947. The molecule has 0 amide bonds. The van der Waals surface area contributed by atoms with Crippen molar-refractivity contribution in [1.29, 1.82) is 0 Å². The van der Waals surface area contributed by atoms with Crippen LogP contribution in [0.3, 0.4) is 0 Å². The van der Waals surface area contributed by atoms with Crippen molar-refractivity contribution in [3.63, 3.8) is 0 Å². The summed E-state index contributed by atoms with van der Waals surface area (Å²) < 4.78 is 68.2. The third-order valence-corrected chi connectivity index (χ3v) is 19.3. The maximum absolute atomic E-state index is 13.1. The van der Waals surface area contributed by atoms with Crippen molar-refractivity contribution < 1.29 is 80.2 Å². The van der Waals surface area contributed by atoms with Gasteiger partial charge in [-0.1, -0.05) is 331 Å². The van der Waals surface area contributed by atoms with Gasteiger partial charge in [0.05, 0.1) is 26.4 Å². The number of aliphatic hydroxyl groups excluding tert-OH is 1. The molecule has 558 valence electrons. The monoisotopic (exact) mass is 1380 g/mol. The average Bonchev–Trinajstić information content (AvgIpc) is 1.40. The summed E-state index contributed by atoms with van der Waals surface area (Å²) in [7, 11) is -9.90. The number of hydrogen-bond acceptors (Lipinski definition) is 15. The predicted octanol–water partition coefficient (Wildman–Crippen LogP) is 21.8. The van der Waals surface area contributed by atoms with Crippen molar-refractivity contribution in [2.45, 2.75) is 401 Å². The van der Waals surface area contributed by atoms with E-state index in [0.29, 0.717) is 31.6 Å². The van der Waals surface area contributed by atoms with Crippen LogP contribution in [0.15, 0.2) is 0 Å². The topological polar surface area (TPSA) is 237 Å². The molecule has 2 unspecified atom stereocenters. The fourth-order valence-electron chi connectivity index (χ4n) is 11.4. The van der Waals surface area contributed by atoms with Gasteiger partial charge in [0.15, 0.2) is 12.2 Å². The second-order valence-corrected chi connectivity index (χ2v) is 31.4. The van der Waals surface area contributed by atoms with Crippen molar-refractivity contribution in [2.24, 2.45) is 17.8 Å². The van der Waals surface area contributed by atoms with Gasteiger partial charge in [0.2, 0.25) is 0 Å². The standard InChI is InChI=1S/C75H146O17P2/c1-8-9-10-39-49-56-72(77)85-62-70(91-75(80)59-52-45-38-32-35-42-48-55-68(6)7)64-89-93(81,82)87-60-69(76)61-88-94(83,84)90-65-71(63-86-73(78)57-50-43-36-30-26-22-19-15-17-21-25-29-34-41-47-54-67(4)5)92-74(79)58-51-44-37-31-27-23-18-14-12-11-13-16-20-24-28-33-40-46-53-66(2)3/h66-71,76H,8-65H2,1-7H3,(H,81,82)(H,83,84)/t69-,70+,71+/m0/s1. The van der Waals surface area contributed by atoms with E-state index in [4.69, 9.17) is 37.0 Å². The second-order valence-electron chi connectivity index (χ2n) is 28.5. The lowest BCUT2D eigenvalue weighted by Crippen LogP contribution is -2.30. The minimum atomic E-state index is -4.95. The van der Waals surface area contributed by atoms with Gasteiger partial charge >= 0.3 is 39.5 Å². The maximum atomic E-state index is 13.1. The molecule has 3 N–H and O–H groups in total. The molecule has 0 aliphatic heterocycles. The molecule has 0 spiro atoms. The Balaban J connectivity index is 5.11. The summed E-state index contributed by atoms with van der Waals surface area (Å²) in [6, 6.07) is 0. The maximum Gasteiger partial charge on any atom is 0.472 e. The Kier molecular flexibility index (Phi) is 64.3. The molecule has 0 fully saturated rings. The molecule has 0 aromatic carbocycles. The van der Waals surface area contributed by atoms with Crippen molar-refractivity contribution in [3.05, 3.63) is 0 Å². The molecule has 0 saturated heterocycles. The third kappa shape index (κ3) is 68.6. The van der Waals surface area contributed by atoms with Gasteiger partial charge in [-0.2, -0.15) is 0 Å². The highest BCUT2D eigenvalue weighted by Gasteiger charge is 2.30. The summed E-state index contributed by atoms with van der Waals surface area (Å²) in [4.78, 5) is 72.4. The van der Waals surface area contributed by atoms with Gasteiger partial charge in [0.25, 0.3) is 0 Å². The summed E-state index contributed by atoms with van der Waals surface area (Å²) in [5.74, 6) is 0.189. The minimum absolute atomic E-state index is 0.102. The molecule has 0 rings (SSSR count). The van der Waals surface area contributed by atoms with Gasteiger partial charge in [-0.3, -0.25) is 37.3 Å². The van der Waals surface area contributed by atoms with Crippen molar-refractivity contribution in [2.75, 3.05) is 39.6 Å². The number of phosphoric ester groups is 2. The van der Waals surface area contributed by atoms with E-state index in [0.717, 1.165) is 108 Å². The zero-order valence-corrected chi connectivity index (χ0v) is 63.2. The number of carbonyl (C=O) groups excluding carboxylic acids is 4. The molecule has 0 aromatic rings. The fourth-order valence-corrected chi connectivity index (χ4v) is 13.0. The Bertz CT molecular complexity index is 1840. The minimum Gasteiger partial charge on any atom is -0.462 e. The molecule has 0 aliphatic rings. The van der Waals surface area contributed by atoms with Crippen LogP contribution in [0.1, 0.15) is 382 Å². The van der Waals surface area contributed by atoms with Crippen LogP contribution in [0.5, 0.6) is 0 Å². The van der Waals surface area contributed by atoms with E-state index in [1.807, 2.05) is 0 Å². The second kappa shape index (κ2) is 65.7. The van der Waals surface area contributed by atoms with Crippen LogP contribution >= 0.6 is 15.6 Å². The van der Waals surface area contributed by atoms with Gasteiger partial charge in [0.1, 0.15) is 19.3 Å². The number of esters is 4. The average molecular weight is 1380 g/mol. The van der Waals surface area contributed by atoms with Crippen LogP contribution in [0, 0.1) is 17.8 Å². The molecule has 19 heteroatoms. The van der Waals surface area contributed by atoms with Crippen molar-refractivity contribution in [3.8, 4) is 0 Å². The molecule has 0 aliphatic carbocycles. The first-order valence-electron chi connectivity index (χ1n) is 38.8. The predicted molar refractivity (Wildman–Crippen MR) is 381 cm³/mol. The molecule has 0 heterocycles. The Morgan fingerprint density at radius 3 is 0.723 bits per heavy atom. The summed E-state index contributed by atoms with van der Waals surface area (Å²) in [6.07, 6.45) is 52.0. The largest absolute Gasteiger partial charge is 0.472 e. The van der Waals surface area contributed by atoms with E-state index in [1.165, 1.54) is 186 Å². The third-order valence-electron chi connectivity index (χ3n) is 17.4. The zero-order valence-electron chi connectivity index (χ0n) is 61.4. The van der Waals surface area contributed by atoms with Crippen LogP contribution in [0.2, 0.25) is 0 Å². The van der Waals surface area contributed by atoms with Gasteiger partial charge in [-0.25, -0.2) is 9.13 Å². The Morgan fingerprint density at radius 2 is 0.489 bits per heavy atom. The lowest BCUT2D eigenvalue weighted by atomic mass is 10.0. The number of carbonyl (C=O) groups is 4. The van der Waals surface area contributed by atoms with E-state index < -0.39 is 97.5 Å². The molecular weight excluding hydrogens is 1230 g/mol. The number of phosphoric acid groups is 2. The number of unbranched alkanes of at least 4 members (excludes halogenated alkanes) is 41. The quantitative estimate of drug-likeness (QED) is 0.0222. The van der Waals surface area contributed by atoms with E-state index >= 15 is 0 Å². The SMILES string of the molecule is CCCCCCCC(=O)OC[C@H](COP(=O)(O)OC[C@H](O)COP(=O)(O)OC[C@@H](COC(=O)CCCCCCCCCCCCCCCCCC(C)C)OC(=O)CCCCCCCCCCCCCCCCCCCCC(C)C)OC(=O)CCCCCCCCCC(C)C. The zero-order chi connectivity index (χ0) is 69.4. The van der Waals surface area contributed by atoms with Crippen molar-refractivity contribution >= 4 is 39.5 Å². The van der Waals surface area contributed by atoms with Crippen LogP contribution in [-0.2, 0) is 65.4 Å². The van der Waals surface area contributed by atoms with Crippen LogP contribution in [0.25, 0.3) is 0 Å². The van der Waals surface area contributed by atoms with E-state index in [2.05, 4.69) is 48.5 Å². The summed E-state index contributed by atoms with van der Waals surface area (Å²) in [6.45, 7) is 11.8. The summed E-state index contributed by atoms with van der Waals surface area (Å²) in [5.41, 5.74) is 0.